The molecule has 2 atom stereocenters. The van der Waals surface area contributed by atoms with Crippen LogP contribution in [0.4, 0.5) is 0 Å². The molecular weight excluding hydrogens is 294 g/mol. The van der Waals surface area contributed by atoms with E-state index in [1.807, 2.05) is 31.2 Å². The van der Waals surface area contributed by atoms with E-state index in [2.05, 4.69) is 0 Å². The lowest BCUT2D eigenvalue weighted by molar-refractivity contribution is -0.143. The molecule has 0 radical (unpaired) electrons. The Morgan fingerprint density at radius 2 is 1.87 bits per heavy atom. The first-order valence-corrected chi connectivity index (χ1v) is 8.14. The SMILES string of the molecule is COc1ccc(C2(C(=O)N3C[C@@H](C)[C@H](C(=O)O)C3)CCC2)cc1. The number of aliphatic carboxylic acids is 1. The van der Waals surface area contributed by atoms with Crippen molar-refractivity contribution in [2.24, 2.45) is 11.8 Å². The average molecular weight is 317 g/mol. The fourth-order valence-corrected chi connectivity index (χ4v) is 3.82. The van der Waals surface area contributed by atoms with Crippen molar-refractivity contribution < 1.29 is 19.4 Å². The van der Waals surface area contributed by atoms with E-state index < -0.39 is 17.3 Å². The monoisotopic (exact) mass is 317 g/mol. The van der Waals surface area contributed by atoms with Crippen molar-refractivity contribution in [2.75, 3.05) is 20.2 Å². The first-order chi connectivity index (χ1) is 11.0. The summed E-state index contributed by atoms with van der Waals surface area (Å²) in [6.45, 7) is 2.77. The third kappa shape index (κ3) is 2.58. The number of methoxy groups -OCH3 is 1. The Labute approximate surface area is 136 Å². The molecule has 124 valence electrons. The number of hydrogen-bond donors (Lipinski definition) is 1. The molecule has 0 spiro atoms. The van der Waals surface area contributed by atoms with Crippen molar-refractivity contribution in [3.05, 3.63) is 29.8 Å². The second-order valence-corrected chi connectivity index (χ2v) is 6.80. The number of carbonyl (C=O) groups excluding carboxylic acids is 1. The lowest BCUT2D eigenvalue weighted by Crippen LogP contribution is -2.50. The van der Waals surface area contributed by atoms with Crippen LogP contribution in [0, 0.1) is 11.8 Å². The molecule has 0 unspecified atom stereocenters. The van der Waals surface area contributed by atoms with Crippen LogP contribution in [0.3, 0.4) is 0 Å². The first kappa shape index (κ1) is 15.8. The fraction of sp³-hybridized carbons (Fsp3) is 0.556. The molecule has 1 aromatic carbocycles. The van der Waals surface area contributed by atoms with Crippen LogP contribution in [0.1, 0.15) is 31.7 Å². The quantitative estimate of drug-likeness (QED) is 0.925. The molecule has 1 saturated carbocycles. The lowest BCUT2D eigenvalue weighted by Gasteiger charge is -2.43. The Morgan fingerprint density at radius 1 is 1.22 bits per heavy atom. The number of likely N-dealkylation sites (tertiary alicyclic amines) is 1. The molecule has 2 aliphatic rings. The Hall–Kier alpha value is -2.04. The second kappa shape index (κ2) is 5.87. The Balaban J connectivity index is 1.82. The number of nitrogens with zero attached hydrogens (tertiary/aromatic N) is 1. The molecule has 1 N–H and O–H groups in total. The van der Waals surface area contributed by atoms with E-state index in [4.69, 9.17) is 4.74 Å². The maximum absolute atomic E-state index is 13.1. The van der Waals surface area contributed by atoms with Gasteiger partial charge in [0.2, 0.25) is 5.91 Å². The van der Waals surface area contributed by atoms with Crippen molar-refractivity contribution in [1.29, 1.82) is 0 Å². The van der Waals surface area contributed by atoms with Crippen LogP contribution in [-0.4, -0.2) is 42.1 Å². The maximum Gasteiger partial charge on any atom is 0.308 e. The second-order valence-electron chi connectivity index (χ2n) is 6.80. The van der Waals surface area contributed by atoms with Gasteiger partial charge in [0.1, 0.15) is 5.75 Å². The van der Waals surface area contributed by atoms with Gasteiger partial charge in [-0.1, -0.05) is 25.5 Å². The third-order valence-electron chi connectivity index (χ3n) is 5.48. The van der Waals surface area contributed by atoms with Crippen molar-refractivity contribution in [1.82, 2.24) is 4.90 Å². The summed E-state index contributed by atoms with van der Waals surface area (Å²) < 4.78 is 5.19. The minimum absolute atomic E-state index is 0.00411. The molecule has 1 saturated heterocycles. The van der Waals surface area contributed by atoms with Gasteiger partial charge < -0.3 is 14.7 Å². The van der Waals surface area contributed by atoms with Crippen molar-refractivity contribution in [2.45, 2.75) is 31.6 Å². The molecule has 0 bridgehead atoms. The summed E-state index contributed by atoms with van der Waals surface area (Å²) in [6, 6.07) is 7.69. The van der Waals surface area contributed by atoms with Gasteiger partial charge in [-0.05, 0) is 36.5 Å². The van der Waals surface area contributed by atoms with Crippen LogP contribution in [-0.2, 0) is 15.0 Å². The molecule has 3 rings (SSSR count). The number of rotatable bonds is 4. The van der Waals surface area contributed by atoms with Gasteiger partial charge in [-0.3, -0.25) is 9.59 Å². The average Bonchev–Trinajstić information content (AvgIpc) is 2.89. The minimum atomic E-state index is -0.806. The molecule has 0 aromatic heterocycles. The van der Waals surface area contributed by atoms with E-state index in [1.54, 1.807) is 12.0 Å². The highest BCUT2D eigenvalue weighted by Crippen LogP contribution is 2.46. The zero-order chi connectivity index (χ0) is 16.6. The standard InChI is InChI=1S/C18H23NO4/c1-12-10-19(11-15(12)16(20)21)17(22)18(8-3-9-18)13-4-6-14(23-2)7-5-13/h4-7,12,15H,3,8-11H2,1-2H3,(H,20,21)/t12-,15-/m1/s1. The Kier molecular flexibility index (Phi) is 4.04. The lowest BCUT2D eigenvalue weighted by atomic mass is 9.63. The Morgan fingerprint density at radius 3 is 2.30 bits per heavy atom. The van der Waals surface area contributed by atoms with Crippen LogP contribution in [0.2, 0.25) is 0 Å². The fourth-order valence-electron chi connectivity index (χ4n) is 3.82. The number of hydrogen-bond acceptors (Lipinski definition) is 3. The number of amides is 1. The zero-order valence-electron chi connectivity index (χ0n) is 13.6. The third-order valence-corrected chi connectivity index (χ3v) is 5.48. The summed E-state index contributed by atoms with van der Waals surface area (Å²) in [4.78, 5) is 26.2. The molecule has 23 heavy (non-hydrogen) atoms. The van der Waals surface area contributed by atoms with E-state index in [0.29, 0.717) is 13.1 Å². The van der Waals surface area contributed by atoms with Gasteiger partial charge in [0, 0.05) is 13.1 Å². The van der Waals surface area contributed by atoms with E-state index in [-0.39, 0.29) is 11.8 Å². The molecule has 2 fully saturated rings. The highest BCUT2D eigenvalue weighted by molar-refractivity contribution is 5.90. The predicted octanol–water partition coefficient (Wildman–Crippen LogP) is 2.30. The molecule has 1 aromatic rings. The van der Waals surface area contributed by atoms with E-state index in [9.17, 15) is 14.7 Å². The smallest absolute Gasteiger partial charge is 0.308 e. The molecule has 1 heterocycles. The van der Waals surface area contributed by atoms with E-state index in [1.165, 1.54) is 0 Å². The van der Waals surface area contributed by atoms with Gasteiger partial charge in [-0.2, -0.15) is 0 Å². The summed E-state index contributed by atoms with van der Waals surface area (Å²) in [5.41, 5.74) is 0.542. The number of ether oxygens (including phenoxy) is 1. The largest absolute Gasteiger partial charge is 0.497 e. The van der Waals surface area contributed by atoms with Gasteiger partial charge in [0.05, 0.1) is 18.4 Å². The summed E-state index contributed by atoms with van der Waals surface area (Å²) in [5.74, 6) is -0.391. The van der Waals surface area contributed by atoms with Gasteiger partial charge in [0.25, 0.3) is 0 Å². The predicted molar refractivity (Wildman–Crippen MR) is 85.4 cm³/mol. The van der Waals surface area contributed by atoms with Crippen LogP contribution in [0.25, 0.3) is 0 Å². The highest BCUT2D eigenvalue weighted by atomic mass is 16.5. The molecule has 5 heteroatoms. The Bertz CT molecular complexity index is 606. The van der Waals surface area contributed by atoms with Crippen LogP contribution >= 0.6 is 0 Å². The first-order valence-electron chi connectivity index (χ1n) is 8.14. The number of carboxylic acid groups (broad SMARTS) is 1. The number of carbonyl (C=O) groups is 2. The topological polar surface area (TPSA) is 66.8 Å². The molecule has 1 aliphatic carbocycles. The summed E-state index contributed by atoms with van der Waals surface area (Å²) >= 11 is 0. The number of benzene rings is 1. The summed E-state index contributed by atoms with van der Waals surface area (Å²) in [5, 5.41) is 9.28. The van der Waals surface area contributed by atoms with Crippen molar-refractivity contribution in [3.8, 4) is 5.75 Å². The summed E-state index contributed by atoms with van der Waals surface area (Å²) in [6.07, 6.45) is 2.70. The zero-order valence-corrected chi connectivity index (χ0v) is 13.6. The van der Waals surface area contributed by atoms with E-state index >= 15 is 0 Å². The molecule has 1 aliphatic heterocycles. The number of carboxylic acids is 1. The van der Waals surface area contributed by atoms with Gasteiger partial charge in [0.15, 0.2) is 0 Å². The normalized spacial score (nSPS) is 25.7. The molecule has 5 nitrogen and oxygen atoms in total. The van der Waals surface area contributed by atoms with Crippen LogP contribution in [0.5, 0.6) is 5.75 Å². The molecular formula is C18H23NO4. The van der Waals surface area contributed by atoms with Gasteiger partial charge in [-0.15, -0.1) is 0 Å². The minimum Gasteiger partial charge on any atom is -0.497 e. The summed E-state index contributed by atoms with van der Waals surface area (Å²) in [7, 11) is 1.62. The maximum atomic E-state index is 13.1. The van der Waals surface area contributed by atoms with Crippen molar-refractivity contribution in [3.63, 3.8) is 0 Å². The van der Waals surface area contributed by atoms with Crippen molar-refractivity contribution >= 4 is 11.9 Å². The van der Waals surface area contributed by atoms with Gasteiger partial charge in [-0.25, -0.2) is 0 Å². The van der Waals surface area contributed by atoms with E-state index in [0.717, 1.165) is 30.6 Å². The van der Waals surface area contributed by atoms with Gasteiger partial charge >= 0.3 is 5.97 Å². The van der Waals surface area contributed by atoms with Crippen LogP contribution < -0.4 is 4.74 Å². The molecule has 1 amide bonds. The highest BCUT2D eigenvalue weighted by Gasteiger charge is 2.50. The van der Waals surface area contributed by atoms with Crippen LogP contribution in [0.15, 0.2) is 24.3 Å².